The van der Waals surface area contributed by atoms with E-state index < -0.39 is 47.5 Å². The lowest BCUT2D eigenvalue weighted by Crippen LogP contribution is -2.44. The first-order valence-corrected chi connectivity index (χ1v) is 18.9. The van der Waals surface area contributed by atoms with Crippen molar-refractivity contribution < 1.29 is 41.1 Å². The third kappa shape index (κ3) is 8.79. The number of aryl methyl sites for hydroxylation is 1. The Bertz CT molecular complexity index is 2270. The second-order valence-corrected chi connectivity index (χ2v) is 14.7. The number of likely N-dealkylation sites (tertiary alicyclic amines) is 1. The molecule has 4 aromatic rings. The number of nitrogens with zero attached hydrogens (tertiary/aromatic N) is 6. The van der Waals surface area contributed by atoms with Crippen LogP contribution in [0.3, 0.4) is 0 Å². The van der Waals surface area contributed by atoms with E-state index in [0.29, 0.717) is 35.4 Å². The highest BCUT2D eigenvalue weighted by atomic mass is 19.4. The molecule has 5 heterocycles. The lowest BCUT2D eigenvalue weighted by molar-refractivity contribution is -0.141. The Hall–Kier alpha value is -5.41. The smallest absolute Gasteiger partial charge is 0.365 e. The lowest BCUT2D eigenvalue weighted by atomic mass is 9.85. The number of pyridine rings is 1. The van der Waals surface area contributed by atoms with E-state index in [1.54, 1.807) is 19.2 Å². The van der Waals surface area contributed by atoms with Crippen LogP contribution in [0.2, 0.25) is 0 Å². The summed E-state index contributed by atoms with van der Waals surface area (Å²) in [6, 6.07) is 7.24. The van der Waals surface area contributed by atoms with E-state index in [4.69, 9.17) is 4.74 Å². The highest BCUT2D eigenvalue weighted by molar-refractivity contribution is 6.03. The number of halogens is 5. The van der Waals surface area contributed by atoms with E-state index in [0.717, 1.165) is 63.5 Å². The van der Waals surface area contributed by atoms with Gasteiger partial charge in [-0.2, -0.15) is 18.3 Å². The molecular formula is C39H41F5N8O5. The van der Waals surface area contributed by atoms with Gasteiger partial charge in [0.1, 0.15) is 24.0 Å². The monoisotopic (exact) mass is 796 g/mol. The van der Waals surface area contributed by atoms with Crippen LogP contribution in [-0.4, -0.2) is 78.9 Å². The van der Waals surface area contributed by atoms with Crippen molar-refractivity contribution in [1.82, 2.24) is 34.1 Å². The van der Waals surface area contributed by atoms with E-state index >= 15 is 0 Å². The summed E-state index contributed by atoms with van der Waals surface area (Å²) in [6.07, 6.45) is -1.25. The zero-order valence-corrected chi connectivity index (χ0v) is 31.0. The molecule has 1 unspecified atom stereocenters. The number of amides is 3. The molecule has 0 bridgehead atoms. The molecule has 0 radical (unpaired) electrons. The molecule has 1 atom stereocenters. The first-order valence-electron chi connectivity index (χ1n) is 18.9. The molecule has 7 rings (SSSR count). The summed E-state index contributed by atoms with van der Waals surface area (Å²) in [6.45, 7) is 2.82. The number of aromatic nitrogens is 5. The molecule has 1 aromatic carbocycles. The predicted molar refractivity (Wildman–Crippen MR) is 196 cm³/mol. The van der Waals surface area contributed by atoms with Gasteiger partial charge < -0.3 is 15.0 Å². The van der Waals surface area contributed by atoms with Crippen molar-refractivity contribution in [1.29, 1.82) is 0 Å². The van der Waals surface area contributed by atoms with Crippen molar-refractivity contribution >= 4 is 34.4 Å². The summed E-state index contributed by atoms with van der Waals surface area (Å²) < 4.78 is 77.4. The summed E-state index contributed by atoms with van der Waals surface area (Å²) >= 11 is 0. The number of hydrogen-bond acceptors (Lipinski definition) is 8. The predicted octanol–water partition coefficient (Wildman–Crippen LogP) is 5.38. The summed E-state index contributed by atoms with van der Waals surface area (Å²) in [7, 11) is 1.63. The van der Waals surface area contributed by atoms with E-state index in [9.17, 15) is 41.1 Å². The van der Waals surface area contributed by atoms with Gasteiger partial charge in [0.25, 0.3) is 12.3 Å². The Morgan fingerprint density at radius 2 is 1.75 bits per heavy atom. The minimum absolute atomic E-state index is 0.0444. The zero-order valence-electron chi connectivity index (χ0n) is 31.0. The molecule has 2 saturated heterocycles. The topological polar surface area (TPSA) is 145 Å². The van der Waals surface area contributed by atoms with Crippen molar-refractivity contribution in [2.24, 2.45) is 13.0 Å². The number of anilines is 1. The minimum atomic E-state index is -4.77. The van der Waals surface area contributed by atoms with Crippen LogP contribution in [-0.2, 0) is 27.5 Å². The molecular weight excluding hydrogens is 755 g/mol. The molecule has 302 valence electrons. The molecule has 3 fully saturated rings. The molecule has 3 aliphatic rings. The number of benzene rings is 1. The van der Waals surface area contributed by atoms with Crippen LogP contribution in [0, 0.1) is 17.8 Å². The molecule has 57 heavy (non-hydrogen) atoms. The molecule has 1 saturated carbocycles. The molecule has 2 N–H and O–H groups in total. The van der Waals surface area contributed by atoms with E-state index in [1.165, 1.54) is 20.0 Å². The summed E-state index contributed by atoms with van der Waals surface area (Å²) in [5.41, 5.74) is -1.29. The minimum Gasteiger partial charge on any atom is -0.365 e. The van der Waals surface area contributed by atoms with Crippen molar-refractivity contribution in [2.45, 2.75) is 82.2 Å². The van der Waals surface area contributed by atoms with Crippen molar-refractivity contribution in [3.63, 3.8) is 0 Å². The number of nitrogens with one attached hydrogen (secondary N) is 2. The maximum atomic E-state index is 13.9. The van der Waals surface area contributed by atoms with Gasteiger partial charge in [-0.15, -0.1) is 0 Å². The number of imidazole rings is 1. The normalized spacial score (nSPS) is 21.1. The Balaban J connectivity index is 0.875. The Morgan fingerprint density at radius 1 is 1.02 bits per heavy atom. The number of imide groups is 1. The number of carbonyl (C=O) groups is 3. The average Bonchev–Trinajstić information content (AvgIpc) is 3.72. The van der Waals surface area contributed by atoms with Crippen LogP contribution >= 0.6 is 0 Å². The van der Waals surface area contributed by atoms with Gasteiger partial charge in [-0.1, -0.05) is 24.0 Å². The highest BCUT2D eigenvalue weighted by Crippen LogP contribution is 2.36. The van der Waals surface area contributed by atoms with Crippen molar-refractivity contribution in [3.05, 3.63) is 75.7 Å². The molecule has 18 heteroatoms. The largest absolute Gasteiger partial charge is 0.433 e. The van der Waals surface area contributed by atoms with Crippen LogP contribution in [0.1, 0.15) is 97.3 Å². The number of ether oxygens (including phenoxy) is 1. The number of fused-ring (bicyclic) bond motifs is 1. The Kier molecular flexibility index (Phi) is 11.6. The van der Waals surface area contributed by atoms with Gasteiger partial charge in [-0.3, -0.25) is 33.5 Å². The average molecular weight is 797 g/mol. The Labute approximate surface area is 323 Å². The Morgan fingerprint density at radius 3 is 2.46 bits per heavy atom. The second kappa shape index (κ2) is 16.6. The number of hydrogen-bond donors (Lipinski definition) is 2. The summed E-state index contributed by atoms with van der Waals surface area (Å²) in [5, 5.41) is 8.65. The fourth-order valence-corrected chi connectivity index (χ4v) is 8.03. The van der Waals surface area contributed by atoms with Crippen LogP contribution in [0.5, 0.6) is 0 Å². The standard InChI is InChI=1S/C39H41F5N8O5/c1-49-34-24(5-2-8-29(34)52(38(49)56)30-14-15-32(53)47-37(30)55)6-4-20-57-26-16-18-50(19-17-26)21-23-10-12-25(13-11-23)51-22-28(33(48-51)35(40)41)46-36(54)27-7-3-9-31(45-27)39(42,43)44/h2-3,5,7-9,22-23,25-26,30,35H,10-21H2,1H3,(H,46,54)(H,47,53,55). The highest BCUT2D eigenvalue weighted by Gasteiger charge is 2.34. The van der Waals surface area contributed by atoms with E-state index in [2.05, 4.69) is 37.5 Å². The van der Waals surface area contributed by atoms with Gasteiger partial charge in [0, 0.05) is 39.3 Å². The third-order valence-corrected chi connectivity index (χ3v) is 11.0. The molecule has 3 amide bonds. The van der Waals surface area contributed by atoms with Crippen molar-refractivity contribution in [2.75, 3.05) is 31.6 Å². The first-order chi connectivity index (χ1) is 27.3. The third-order valence-electron chi connectivity index (χ3n) is 11.0. The van der Waals surface area contributed by atoms with E-state index in [-0.39, 0.29) is 48.9 Å². The van der Waals surface area contributed by atoms with Crippen LogP contribution in [0.15, 0.2) is 47.4 Å². The van der Waals surface area contributed by atoms with Crippen LogP contribution in [0.4, 0.5) is 27.6 Å². The fourth-order valence-electron chi connectivity index (χ4n) is 8.03. The number of alkyl halides is 5. The van der Waals surface area contributed by atoms with E-state index in [1.807, 2.05) is 6.07 Å². The van der Waals surface area contributed by atoms with Gasteiger partial charge in [-0.25, -0.2) is 18.6 Å². The van der Waals surface area contributed by atoms with Gasteiger partial charge in [-0.05, 0) is 75.1 Å². The van der Waals surface area contributed by atoms with Crippen LogP contribution in [0.25, 0.3) is 11.0 Å². The number of carbonyl (C=O) groups excluding carboxylic acids is 3. The molecule has 0 spiro atoms. The number of piperidine rings is 2. The zero-order chi connectivity index (χ0) is 40.4. The molecule has 1 aliphatic carbocycles. The first kappa shape index (κ1) is 39.8. The summed E-state index contributed by atoms with van der Waals surface area (Å²) in [4.78, 5) is 55.8. The molecule has 3 aromatic heterocycles. The second-order valence-electron chi connectivity index (χ2n) is 14.7. The van der Waals surface area contributed by atoms with Gasteiger partial charge in [0.15, 0.2) is 5.69 Å². The maximum Gasteiger partial charge on any atom is 0.433 e. The maximum absolute atomic E-state index is 13.9. The quantitative estimate of drug-likeness (QED) is 0.131. The lowest BCUT2D eigenvalue weighted by Gasteiger charge is -2.36. The summed E-state index contributed by atoms with van der Waals surface area (Å²) in [5.74, 6) is 4.72. The SMILES string of the molecule is Cn1c(=O)n(C2CCC(=O)NC2=O)c2cccc(C#CCOC3CCN(CC4CCC(n5cc(NC(=O)c6cccc(C(F)(F)F)n6)c(C(F)F)n5)CC4)CC3)c21. The molecule has 13 nitrogen and oxygen atoms in total. The molecule has 2 aliphatic heterocycles. The number of rotatable bonds is 9. The fraction of sp³-hybridized carbons (Fsp3) is 0.487. The number of para-hydroxylation sites is 1. The van der Waals surface area contributed by atoms with Gasteiger partial charge in [0.05, 0.1) is 34.4 Å². The van der Waals surface area contributed by atoms with Crippen molar-refractivity contribution in [3.8, 4) is 11.8 Å². The van der Waals surface area contributed by atoms with Gasteiger partial charge >= 0.3 is 11.9 Å². The van der Waals surface area contributed by atoms with Gasteiger partial charge in [0.2, 0.25) is 11.8 Å². The van der Waals surface area contributed by atoms with Crippen LogP contribution < -0.4 is 16.3 Å².